The molecule has 2 aromatic carbocycles. The molecule has 6 heteroatoms. The lowest BCUT2D eigenvalue weighted by molar-refractivity contribution is -0.384. The number of rotatable bonds is 6. The first kappa shape index (κ1) is 18.7. The van der Waals surface area contributed by atoms with Gasteiger partial charge in [-0.15, -0.1) is 12.4 Å². The maximum atomic E-state index is 10.6. The quantitative estimate of drug-likeness (QED) is 0.464. The van der Waals surface area contributed by atoms with Gasteiger partial charge < -0.3 is 4.42 Å². The molecule has 3 aromatic rings. The molecule has 25 heavy (non-hydrogen) atoms. The second-order valence-electron chi connectivity index (χ2n) is 5.70. The fraction of sp³-hybridized carbons (Fsp3) is 0.158. The Labute approximate surface area is 152 Å². The molecule has 1 aromatic heterocycles. The molecule has 130 valence electrons. The van der Waals surface area contributed by atoms with Gasteiger partial charge in [0.25, 0.3) is 5.69 Å². The van der Waals surface area contributed by atoms with Gasteiger partial charge in [0, 0.05) is 36.2 Å². The van der Waals surface area contributed by atoms with Gasteiger partial charge >= 0.3 is 0 Å². The molecule has 0 atom stereocenters. The number of para-hydroxylation sites is 1. The van der Waals surface area contributed by atoms with Crippen molar-refractivity contribution in [2.45, 2.75) is 6.54 Å². The predicted octanol–water partition coefficient (Wildman–Crippen LogP) is 4.91. The molecule has 0 radical (unpaired) electrons. The highest BCUT2D eigenvalue weighted by Crippen LogP contribution is 2.21. The van der Waals surface area contributed by atoms with E-state index in [1.165, 1.54) is 12.1 Å². The van der Waals surface area contributed by atoms with Crippen LogP contribution >= 0.6 is 12.4 Å². The normalized spacial score (nSPS) is 11.1. The van der Waals surface area contributed by atoms with Crippen LogP contribution in [0.1, 0.15) is 11.1 Å². The summed E-state index contributed by atoms with van der Waals surface area (Å²) in [6, 6.07) is 14.5. The minimum atomic E-state index is -0.392. The third-order valence-corrected chi connectivity index (χ3v) is 3.83. The molecule has 0 unspecified atom stereocenters. The summed E-state index contributed by atoms with van der Waals surface area (Å²) in [4.78, 5) is 12.4. The lowest BCUT2D eigenvalue weighted by Gasteiger charge is -2.13. The molecule has 0 saturated heterocycles. The van der Waals surface area contributed by atoms with Crippen LogP contribution in [0.25, 0.3) is 17.0 Å². The Kier molecular flexibility index (Phi) is 6.33. The highest BCUT2D eigenvalue weighted by atomic mass is 35.5. The van der Waals surface area contributed by atoms with E-state index in [-0.39, 0.29) is 18.1 Å². The van der Waals surface area contributed by atoms with Crippen LogP contribution < -0.4 is 0 Å². The second-order valence-corrected chi connectivity index (χ2v) is 5.70. The summed E-state index contributed by atoms with van der Waals surface area (Å²) in [5.41, 5.74) is 3.12. The van der Waals surface area contributed by atoms with Crippen LogP contribution in [0.15, 0.2) is 65.3 Å². The Morgan fingerprint density at radius 3 is 2.60 bits per heavy atom. The second kappa shape index (κ2) is 8.46. The Bertz CT molecular complexity index is 872. The van der Waals surface area contributed by atoms with E-state index in [2.05, 4.69) is 11.0 Å². The van der Waals surface area contributed by atoms with E-state index in [1.54, 1.807) is 18.4 Å². The van der Waals surface area contributed by atoms with Crippen LogP contribution in [-0.2, 0) is 6.54 Å². The Hall–Kier alpha value is -2.63. The number of hydrogen-bond acceptors (Lipinski definition) is 4. The number of nitro groups is 1. The van der Waals surface area contributed by atoms with E-state index < -0.39 is 4.92 Å². The molecule has 0 saturated carbocycles. The Morgan fingerprint density at radius 1 is 1.16 bits per heavy atom. The minimum Gasteiger partial charge on any atom is -0.464 e. The largest absolute Gasteiger partial charge is 0.464 e. The first-order valence-electron chi connectivity index (χ1n) is 7.68. The maximum Gasteiger partial charge on any atom is 0.269 e. The van der Waals surface area contributed by atoms with Gasteiger partial charge in [-0.3, -0.25) is 15.0 Å². The van der Waals surface area contributed by atoms with Crippen LogP contribution in [0, 0.1) is 10.1 Å². The van der Waals surface area contributed by atoms with Crippen molar-refractivity contribution >= 4 is 35.1 Å². The molecule has 0 N–H and O–H groups in total. The minimum absolute atomic E-state index is 0. The van der Waals surface area contributed by atoms with Gasteiger partial charge in [0.1, 0.15) is 5.58 Å². The molecule has 0 aliphatic carbocycles. The Balaban J connectivity index is 0.00000225. The van der Waals surface area contributed by atoms with Gasteiger partial charge in [-0.25, -0.2) is 0 Å². The summed E-state index contributed by atoms with van der Waals surface area (Å²) >= 11 is 0. The molecule has 0 aliphatic rings. The Morgan fingerprint density at radius 2 is 1.88 bits per heavy atom. The number of hydrogen-bond donors (Lipinski definition) is 0. The van der Waals surface area contributed by atoms with E-state index in [4.69, 9.17) is 4.42 Å². The molecule has 0 amide bonds. The fourth-order valence-corrected chi connectivity index (χ4v) is 2.59. The molecular formula is C19H19ClN2O3. The average molecular weight is 359 g/mol. The number of benzene rings is 2. The number of nitrogens with zero attached hydrogens (tertiary/aromatic N) is 2. The summed E-state index contributed by atoms with van der Waals surface area (Å²) in [6.07, 6.45) is 5.82. The summed E-state index contributed by atoms with van der Waals surface area (Å²) in [5, 5.41) is 11.8. The molecule has 0 bridgehead atoms. The van der Waals surface area contributed by atoms with Crippen LogP contribution in [0.2, 0.25) is 0 Å². The monoisotopic (exact) mass is 358 g/mol. The predicted molar refractivity (Wildman–Crippen MR) is 102 cm³/mol. The van der Waals surface area contributed by atoms with Crippen molar-refractivity contribution in [3.05, 3.63) is 82.1 Å². The van der Waals surface area contributed by atoms with Gasteiger partial charge in [0.15, 0.2) is 0 Å². The maximum absolute atomic E-state index is 10.6. The molecule has 3 rings (SSSR count). The summed E-state index contributed by atoms with van der Waals surface area (Å²) in [5.74, 6) is 0. The molecule has 0 aliphatic heterocycles. The lowest BCUT2D eigenvalue weighted by atomic mass is 10.1. The fourth-order valence-electron chi connectivity index (χ4n) is 2.59. The summed E-state index contributed by atoms with van der Waals surface area (Å²) in [6.45, 7) is 1.57. The summed E-state index contributed by atoms with van der Waals surface area (Å²) in [7, 11) is 2.04. The van der Waals surface area contributed by atoms with Crippen LogP contribution in [0.3, 0.4) is 0 Å². The SMILES string of the molecule is CN(C/C=C/c1ccc([N+](=O)[O-])cc1)Cc1coc2ccccc12.Cl. The van der Waals surface area contributed by atoms with E-state index in [1.807, 2.05) is 37.4 Å². The molecule has 0 fully saturated rings. The van der Waals surface area contributed by atoms with Gasteiger partial charge in [0.2, 0.25) is 0 Å². The van der Waals surface area contributed by atoms with Crippen molar-refractivity contribution in [3.8, 4) is 0 Å². The van der Waals surface area contributed by atoms with E-state index in [0.29, 0.717) is 0 Å². The van der Waals surface area contributed by atoms with Gasteiger partial charge in [-0.2, -0.15) is 0 Å². The van der Waals surface area contributed by atoms with Crippen molar-refractivity contribution in [2.75, 3.05) is 13.6 Å². The zero-order valence-electron chi connectivity index (χ0n) is 13.8. The van der Waals surface area contributed by atoms with Gasteiger partial charge in [-0.1, -0.05) is 30.4 Å². The van der Waals surface area contributed by atoms with Gasteiger partial charge in [0.05, 0.1) is 11.2 Å². The number of nitro benzene ring substituents is 1. The van der Waals surface area contributed by atoms with Crippen LogP contribution in [-0.4, -0.2) is 23.4 Å². The first-order chi connectivity index (χ1) is 11.6. The van der Waals surface area contributed by atoms with Crippen LogP contribution in [0.4, 0.5) is 5.69 Å². The zero-order valence-corrected chi connectivity index (χ0v) is 14.6. The average Bonchev–Trinajstić information content (AvgIpc) is 2.98. The van der Waals surface area contributed by atoms with E-state index in [9.17, 15) is 10.1 Å². The van der Waals surface area contributed by atoms with Crippen molar-refractivity contribution in [1.82, 2.24) is 4.90 Å². The topological polar surface area (TPSA) is 59.5 Å². The number of fused-ring (bicyclic) bond motifs is 1. The smallest absolute Gasteiger partial charge is 0.269 e. The van der Waals surface area contributed by atoms with Crippen molar-refractivity contribution < 1.29 is 9.34 Å². The molecule has 1 heterocycles. The van der Waals surface area contributed by atoms with Crippen molar-refractivity contribution in [3.63, 3.8) is 0 Å². The van der Waals surface area contributed by atoms with E-state index >= 15 is 0 Å². The number of non-ortho nitro benzene ring substituents is 1. The third-order valence-electron chi connectivity index (χ3n) is 3.83. The molecular weight excluding hydrogens is 340 g/mol. The van der Waals surface area contributed by atoms with Crippen molar-refractivity contribution in [2.24, 2.45) is 0 Å². The zero-order chi connectivity index (χ0) is 16.9. The summed E-state index contributed by atoms with van der Waals surface area (Å²) < 4.78 is 5.55. The van der Waals surface area contributed by atoms with Gasteiger partial charge in [-0.05, 0) is 30.8 Å². The lowest BCUT2D eigenvalue weighted by Crippen LogP contribution is -2.17. The van der Waals surface area contributed by atoms with E-state index in [0.717, 1.165) is 35.2 Å². The van der Waals surface area contributed by atoms with Crippen molar-refractivity contribution in [1.29, 1.82) is 0 Å². The standard InChI is InChI=1S/C19H18N2O3.ClH/c1-20(13-16-14-24-19-7-3-2-6-18(16)19)12-4-5-15-8-10-17(11-9-15)21(22)23;/h2-11,14H,12-13H2,1H3;1H/b5-4+;. The molecule has 5 nitrogen and oxygen atoms in total. The number of halogens is 1. The first-order valence-corrected chi connectivity index (χ1v) is 7.68. The highest BCUT2D eigenvalue weighted by Gasteiger charge is 2.07. The third kappa shape index (κ3) is 4.68. The highest BCUT2D eigenvalue weighted by molar-refractivity contribution is 5.85. The van der Waals surface area contributed by atoms with Crippen LogP contribution in [0.5, 0.6) is 0 Å². The number of furan rings is 1. The number of likely N-dealkylation sites (N-methyl/N-ethyl adjacent to an activating group) is 1. The molecule has 0 spiro atoms.